The number of rotatable bonds is 4. The molecule has 1 aliphatic carbocycles. The van der Waals surface area contributed by atoms with Gasteiger partial charge >= 0.3 is 5.97 Å². The SMILES string of the molecule is COCC1CCCC(CC(=O)O)C1. The molecular formula is C10H18O3. The molecule has 3 heteroatoms. The van der Waals surface area contributed by atoms with Crippen molar-refractivity contribution in [2.45, 2.75) is 32.1 Å². The first-order valence-corrected chi connectivity index (χ1v) is 4.93. The lowest BCUT2D eigenvalue weighted by molar-refractivity contribution is -0.138. The summed E-state index contributed by atoms with van der Waals surface area (Å²) in [5.41, 5.74) is 0. The average Bonchev–Trinajstić information content (AvgIpc) is 2.04. The fourth-order valence-corrected chi connectivity index (χ4v) is 2.22. The van der Waals surface area contributed by atoms with E-state index in [2.05, 4.69) is 0 Å². The fraction of sp³-hybridized carbons (Fsp3) is 0.900. The zero-order valence-corrected chi connectivity index (χ0v) is 8.16. The minimum atomic E-state index is -0.664. The Kier molecular flexibility index (Phi) is 4.22. The van der Waals surface area contributed by atoms with Crippen LogP contribution in [0, 0.1) is 11.8 Å². The first-order valence-electron chi connectivity index (χ1n) is 4.93. The predicted octanol–water partition coefficient (Wildman–Crippen LogP) is 1.91. The number of carboxylic acids is 1. The highest BCUT2D eigenvalue weighted by Gasteiger charge is 2.23. The van der Waals surface area contributed by atoms with Crippen LogP contribution in [0.2, 0.25) is 0 Å². The summed E-state index contributed by atoms with van der Waals surface area (Å²) in [5.74, 6) is 0.303. The van der Waals surface area contributed by atoms with Crippen LogP contribution >= 0.6 is 0 Å². The van der Waals surface area contributed by atoms with Gasteiger partial charge in [-0.1, -0.05) is 6.42 Å². The Balaban J connectivity index is 2.28. The molecule has 13 heavy (non-hydrogen) atoms. The van der Waals surface area contributed by atoms with Gasteiger partial charge in [-0.05, 0) is 31.1 Å². The summed E-state index contributed by atoms with van der Waals surface area (Å²) in [6.07, 6.45) is 4.79. The predicted molar refractivity (Wildman–Crippen MR) is 49.6 cm³/mol. The number of hydrogen-bond donors (Lipinski definition) is 1. The standard InChI is InChI=1S/C10H18O3/c1-13-7-9-4-2-3-8(5-9)6-10(11)12/h8-9H,2-7H2,1H3,(H,11,12). The molecule has 76 valence electrons. The van der Waals surface area contributed by atoms with Gasteiger partial charge in [-0.2, -0.15) is 0 Å². The van der Waals surface area contributed by atoms with Gasteiger partial charge < -0.3 is 9.84 Å². The van der Waals surface area contributed by atoms with Crippen LogP contribution in [0.1, 0.15) is 32.1 Å². The molecule has 0 aromatic heterocycles. The molecule has 3 nitrogen and oxygen atoms in total. The number of carboxylic acid groups (broad SMARTS) is 1. The van der Waals surface area contributed by atoms with E-state index < -0.39 is 5.97 Å². The minimum absolute atomic E-state index is 0.334. The molecule has 2 atom stereocenters. The fourth-order valence-electron chi connectivity index (χ4n) is 2.22. The van der Waals surface area contributed by atoms with Gasteiger partial charge in [0.05, 0.1) is 0 Å². The molecule has 2 unspecified atom stereocenters. The summed E-state index contributed by atoms with van der Waals surface area (Å²) in [5, 5.41) is 8.65. The van der Waals surface area contributed by atoms with Crippen LogP contribution in [0.3, 0.4) is 0 Å². The van der Waals surface area contributed by atoms with Crippen molar-refractivity contribution in [1.29, 1.82) is 0 Å². The third-order valence-corrected chi connectivity index (χ3v) is 2.76. The van der Waals surface area contributed by atoms with E-state index in [1.165, 1.54) is 6.42 Å². The van der Waals surface area contributed by atoms with Crippen LogP contribution in [0.15, 0.2) is 0 Å². The topological polar surface area (TPSA) is 46.5 Å². The quantitative estimate of drug-likeness (QED) is 0.729. The highest BCUT2D eigenvalue weighted by Crippen LogP contribution is 2.31. The normalized spacial score (nSPS) is 28.7. The van der Waals surface area contributed by atoms with Gasteiger partial charge in [0.25, 0.3) is 0 Å². The van der Waals surface area contributed by atoms with Crippen molar-refractivity contribution in [1.82, 2.24) is 0 Å². The molecule has 0 bridgehead atoms. The van der Waals surface area contributed by atoms with Gasteiger partial charge in [0, 0.05) is 20.1 Å². The van der Waals surface area contributed by atoms with Gasteiger partial charge in [0.15, 0.2) is 0 Å². The molecule has 0 aliphatic heterocycles. The molecule has 0 saturated heterocycles. The lowest BCUT2D eigenvalue weighted by Crippen LogP contribution is -2.21. The smallest absolute Gasteiger partial charge is 0.303 e. The highest BCUT2D eigenvalue weighted by molar-refractivity contribution is 5.67. The molecule has 0 aromatic rings. The van der Waals surface area contributed by atoms with Crippen molar-refractivity contribution in [3.05, 3.63) is 0 Å². The zero-order valence-electron chi connectivity index (χ0n) is 8.16. The Labute approximate surface area is 79.1 Å². The van der Waals surface area contributed by atoms with Crippen molar-refractivity contribution in [3.8, 4) is 0 Å². The summed E-state index contributed by atoms with van der Waals surface area (Å²) in [4.78, 5) is 10.5. The van der Waals surface area contributed by atoms with Crippen LogP contribution in [-0.4, -0.2) is 24.8 Å². The Bertz CT molecular complexity index is 166. The summed E-state index contributed by atoms with van der Waals surface area (Å²) < 4.78 is 5.09. The second kappa shape index (κ2) is 5.22. The summed E-state index contributed by atoms with van der Waals surface area (Å²) in [6, 6.07) is 0. The molecule has 0 spiro atoms. The van der Waals surface area contributed by atoms with E-state index in [-0.39, 0.29) is 0 Å². The van der Waals surface area contributed by atoms with Crippen molar-refractivity contribution >= 4 is 5.97 Å². The highest BCUT2D eigenvalue weighted by atomic mass is 16.5. The van der Waals surface area contributed by atoms with Crippen LogP contribution in [-0.2, 0) is 9.53 Å². The van der Waals surface area contributed by atoms with Gasteiger partial charge in [-0.15, -0.1) is 0 Å². The lowest BCUT2D eigenvalue weighted by atomic mass is 9.80. The van der Waals surface area contributed by atoms with Crippen LogP contribution in [0.4, 0.5) is 0 Å². The third kappa shape index (κ3) is 3.77. The van der Waals surface area contributed by atoms with E-state index in [1.807, 2.05) is 0 Å². The van der Waals surface area contributed by atoms with E-state index >= 15 is 0 Å². The maximum absolute atomic E-state index is 10.5. The molecule has 0 radical (unpaired) electrons. The number of ether oxygens (including phenoxy) is 1. The molecule has 1 aliphatic rings. The number of methoxy groups -OCH3 is 1. The Hall–Kier alpha value is -0.570. The van der Waals surface area contributed by atoms with Gasteiger partial charge in [0.1, 0.15) is 0 Å². The molecule has 1 fully saturated rings. The molecule has 0 aromatic carbocycles. The maximum atomic E-state index is 10.5. The summed E-state index contributed by atoms with van der Waals surface area (Å²) in [7, 11) is 1.71. The first kappa shape index (κ1) is 10.5. The Morgan fingerprint density at radius 2 is 2.15 bits per heavy atom. The van der Waals surface area contributed by atoms with Gasteiger partial charge in [-0.25, -0.2) is 0 Å². The van der Waals surface area contributed by atoms with E-state index in [0.29, 0.717) is 18.3 Å². The number of carbonyl (C=O) groups is 1. The first-order chi connectivity index (χ1) is 6.22. The van der Waals surface area contributed by atoms with Crippen LogP contribution in [0.25, 0.3) is 0 Å². The monoisotopic (exact) mass is 186 g/mol. The molecule has 0 heterocycles. The number of aliphatic carboxylic acids is 1. The van der Waals surface area contributed by atoms with Crippen molar-refractivity contribution < 1.29 is 14.6 Å². The summed E-state index contributed by atoms with van der Waals surface area (Å²) in [6.45, 7) is 0.788. The van der Waals surface area contributed by atoms with Crippen molar-refractivity contribution in [3.63, 3.8) is 0 Å². The largest absolute Gasteiger partial charge is 0.481 e. The second-order valence-electron chi connectivity index (χ2n) is 3.95. The van der Waals surface area contributed by atoms with Crippen molar-refractivity contribution in [2.24, 2.45) is 11.8 Å². The zero-order chi connectivity index (χ0) is 9.68. The third-order valence-electron chi connectivity index (χ3n) is 2.76. The van der Waals surface area contributed by atoms with E-state index in [0.717, 1.165) is 25.9 Å². The second-order valence-corrected chi connectivity index (χ2v) is 3.95. The molecule has 1 rings (SSSR count). The Morgan fingerprint density at radius 3 is 2.77 bits per heavy atom. The van der Waals surface area contributed by atoms with Crippen molar-refractivity contribution in [2.75, 3.05) is 13.7 Å². The van der Waals surface area contributed by atoms with Gasteiger partial charge in [-0.3, -0.25) is 4.79 Å². The van der Waals surface area contributed by atoms with Crippen LogP contribution < -0.4 is 0 Å². The average molecular weight is 186 g/mol. The minimum Gasteiger partial charge on any atom is -0.481 e. The van der Waals surface area contributed by atoms with E-state index in [4.69, 9.17) is 9.84 Å². The van der Waals surface area contributed by atoms with E-state index in [9.17, 15) is 4.79 Å². The number of hydrogen-bond acceptors (Lipinski definition) is 2. The molecule has 1 saturated carbocycles. The van der Waals surface area contributed by atoms with Gasteiger partial charge in [0.2, 0.25) is 0 Å². The maximum Gasteiger partial charge on any atom is 0.303 e. The molecule has 1 N–H and O–H groups in total. The molecular weight excluding hydrogens is 168 g/mol. The van der Waals surface area contributed by atoms with E-state index in [1.54, 1.807) is 7.11 Å². The Morgan fingerprint density at radius 1 is 1.46 bits per heavy atom. The molecule has 0 amide bonds. The summed E-state index contributed by atoms with van der Waals surface area (Å²) >= 11 is 0. The lowest BCUT2D eigenvalue weighted by Gasteiger charge is -2.27. The van der Waals surface area contributed by atoms with Crippen LogP contribution in [0.5, 0.6) is 0 Å².